The van der Waals surface area contributed by atoms with Gasteiger partial charge in [0.1, 0.15) is 0 Å². The van der Waals surface area contributed by atoms with Crippen LogP contribution < -0.4 is 0 Å². The molecule has 0 rings (SSSR count). The van der Waals surface area contributed by atoms with Crippen LogP contribution in [0.25, 0.3) is 0 Å². The molecule has 0 radical (unpaired) electrons. The maximum atomic E-state index is 3.01. The van der Waals surface area contributed by atoms with Gasteiger partial charge in [-0.15, -0.1) is 9.12 Å². The van der Waals surface area contributed by atoms with Gasteiger partial charge in [-0.1, -0.05) is 55.4 Å². The number of hydrogen-bond donors (Lipinski definition) is 0. The molecule has 0 aromatic heterocycles. The molecule has 0 fully saturated rings. The smallest absolute Gasteiger partial charge is 0.320 e. The zero-order valence-corrected chi connectivity index (χ0v) is 13.5. The Labute approximate surface area is 105 Å². The SMILES string of the molecule is CC(C)N(B(P)N(C(C)C)C(C)C)C(C)C. The van der Waals surface area contributed by atoms with Crippen LogP contribution in [0, 0.1) is 0 Å². The first kappa shape index (κ1) is 16.4. The third kappa shape index (κ3) is 4.35. The van der Waals surface area contributed by atoms with Crippen LogP contribution in [0.5, 0.6) is 0 Å². The molecule has 0 aromatic rings. The second kappa shape index (κ2) is 6.98. The predicted octanol–water partition coefficient (Wildman–Crippen LogP) is 3.08. The minimum atomic E-state index is 0.417. The molecular formula is C12H30BN2P. The summed E-state index contributed by atoms with van der Waals surface area (Å²) in [5, 5.41) is 0. The lowest BCUT2D eigenvalue weighted by Crippen LogP contribution is -2.58. The van der Waals surface area contributed by atoms with E-state index in [0.717, 1.165) is 0 Å². The molecule has 0 spiro atoms. The van der Waals surface area contributed by atoms with Gasteiger partial charge in [0.05, 0.1) is 0 Å². The van der Waals surface area contributed by atoms with Crippen LogP contribution in [0.15, 0.2) is 0 Å². The summed E-state index contributed by atoms with van der Waals surface area (Å²) in [6.07, 6.45) is 0. The summed E-state index contributed by atoms with van der Waals surface area (Å²) in [5.74, 6) is 0. The van der Waals surface area contributed by atoms with E-state index in [2.05, 4.69) is 74.1 Å². The fraction of sp³-hybridized carbons (Fsp3) is 1.00. The number of nitrogens with zero attached hydrogens (tertiary/aromatic N) is 2. The average Bonchev–Trinajstić information content (AvgIpc) is 1.99. The van der Waals surface area contributed by atoms with Crippen LogP contribution in [0.3, 0.4) is 0 Å². The first-order valence-electron chi connectivity index (χ1n) is 6.50. The van der Waals surface area contributed by atoms with Crippen molar-refractivity contribution in [2.45, 2.75) is 79.6 Å². The molecule has 0 amide bonds. The lowest BCUT2D eigenvalue weighted by molar-refractivity contribution is 0.233. The van der Waals surface area contributed by atoms with E-state index in [1.807, 2.05) is 0 Å². The van der Waals surface area contributed by atoms with Crippen molar-refractivity contribution in [2.24, 2.45) is 0 Å². The van der Waals surface area contributed by atoms with Gasteiger partial charge >= 0.3 is 6.70 Å². The molecule has 0 heterocycles. The molecule has 4 heteroatoms. The monoisotopic (exact) mass is 244 g/mol. The molecule has 0 aromatic carbocycles. The third-order valence-corrected chi connectivity index (χ3v) is 3.68. The first-order chi connectivity index (χ1) is 7.20. The van der Waals surface area contributed by atoms with Gasteiger partial charge in [0.2, 0.25) is 0 Å². The van der Waals surface area contributed by atoms with Crippen molar-refractivity contribution in [3.8, 4) is 0 Å². The summed E-state index contributed by atoms with van der Waals surface area (Å²) in [4.78, 5) is 5.09. The van der Waals surface area contributed by atoms with Gasteiger partial charge in [0, 0.05) is 0 Å². The summed E-state index contributed by atoms with van der Waals surface area (Å²) in [6, 6.07) is 2.29. The van der Waals surface area contributed by atoms with E-state index in [0.29, 0.717) is 30.9 Å². The predicted molar refractivity (Wildman–Crippen MR) is 79.7 cm³/mol. The number of rotatable bonds is 6. The highest BCUT2D eigenvalue weighted by atomic mass is 31.0. The van der Waals surface area contributed by atoms with E-state index in [4.69, 9.17) is 0 Å². The van der Waals surface area contributed by atoms with E-state index in [1.54, 1.807) is 0 Å². The zero-order chi connectivity index (χ0) is 13.0. The van der Waals surface area contributed by atoms with Gasteiger partial charge in [0.15, 0.2) is 0 Å². The minimum Gasteiger partial charge on any atom is -0.320 e. The van der Waals surface area contributed by atoms with E-state index in [-0.39, 0.29) is 0 Å². The van der Waals surface area contributed by atoms with Crippen LogP contribution in [0.1, 0.15) is 55.4 Å². The fourth-order valence-electron chi connectivity index (χ4n) is 2.57. The Morgan fingerprint density at radius 2 is 0.812 bits per heavy atom. The standard InChI is InChI=1S/C12H30BN2P/c1-9(2)14(10(3)4)13(16)15(11(5)6)12(7)8/h9-12H,16H2,1-8H3. The molecule has 0 aliphatic heterocycles. The summed E-state index contributed by atoms with van der Waals surface area (Å²) in [7, 11) is 3.01. The van der Waals surface area contributed by atoms with Gasteiger partial charge < -0.3 is 9.62 Å². The maximum absolute atomic E-state index is 3.01. The highest BCUT2D eigenvalue weighted by Crippen LogP contribution is 2.20. The van der Waals surface area contributed by atoms with Crippen LogP contribution in [-0.2, 0) is 0 Å². The Balaban J connectivity index is 4.88. The quantitative estimate of drug-likeness (QED) is 0.523. The normalized spacial score (nSPS) is 12.9. The van der Waals surface area contributed by atoms with E-state index in [9.17, 15) is 0 Å². The molecule has 0 aliphatic carbocycles. The van der Waals surface area contributed by atoms with Crippen molar-refractivity contribution >= 4 is 15.8 Å². The van der Waals surface area contributed by atoms with Crippen LogP contribution >= 0.6 is 9.12 Å². The largest absolute Gasteiger partial charge is 0.334 e. The van der Waals surface area contributed by atoms with Crippen LogP contribution in [-0.4, -0.2) is 40.5 Å². The average molecular weight is 244 g/mol. The van der Waals surface area contributed by atoms with Gasteiger partial charge in [-0.25, -0.2) is 0 Å². The number of hydrogen-bond acceptors (Lipinski definition) is 2. The Bertz CT molecular complexity index is 159. The maximum Gasteiger partial charge on any atom is 0.334 e. The summed E-state index contributed by atoms with van der Waals surface area (Å²) in [6.45, 7) is 18.6. The second-order valence-electron chi connectivity index (χ2n) is 5.68. The van der Waals surface area contributed by atoms with E-state index in [1.165, 1.54) is 0 Å². The minimum absolute atomic E-state index is 0.417. The molecular weight excluding hydrogens is 214 g/mol. The van der Waals surface area contributed by atoms with Gasteiger partial charge in [-0.3, -0.25) is 0 Å². The lowest BCUT2D eigenvalue weighted by atomic mass is 9.91. The van der Waals surface area contributed by atoms with Crippen molar-refractivity contribution in [3.63, 3.8) is 0 Å². The highest BCUT2D eigenvalue weighted by Gasteiger charge is 2.32. The Morgan fingerprint density at radius 3 is 0.938 bits per heavy atom. The molecule has 0 saturated heterocycles. The van der Waals surface area contributed by atoms with Gasteiger partial charge in [-0.05, 0) is 24.2 Å². The van der Waals surface area contributed by atoms with Gasteiger partial charge in [0.25, 0.3) is 0 Å². The zero-order valence-electron chi connectivity index (χ0n) is 12.4. The van der Waals surface area contributed by atoms with Crippen LogP contribution in [0.4, 0.5) is 0 Å². The first-order valence-corrected chi connectivity index (χ1v) is 7.17. The molecule has 0 saturated carbocycles. The van der Waals surface area contributed by atoms with Crippen molar-refractivity contribution in [1.29, 1.82) is 0 Å². The molecule has 0 aliphatic rings. The molecule has 0 N–H and O–H groups in total. The molecule has 96 valence electrons. The molecule has 0 bridgehead atoms. The summed E-state index contributed by atoms with van der Waals surface area (Å²) >= 11 is 0. The van der Waals surface area contributed by atoms with E-state index >= 15 is 0 Å². The van der Waals surface area contributed by atoms with E-state index < -0.39 is 0 Å². The van der Waals surface area contributed by atoms with Crippen molar-refractivity contribution < 1.29 is 0 Å². The van der Waals surface area contributed by atoms with Gasteiger partial charge in [-0.2, -0.15) is 0 Å². The summed E-state index contributed by atoms with van der Waals surface area (Å²) in [5.41, 5.74) is 0. The van der Waals surface area contributed by atoms with Crippen molar-refractivity contribution in [3.05, 3.63) is 0 Å². The van der Waals surface area contributed by atoms with Crippen LogP contribution in [0.2, 0.25) is 0 Å². The molecule has 16 heavy (non-hydrogen) atoms. The molecule has 2 nitrogen and oxygen atoms in total. The highest BCUT2D eigenvalue weighted by molar-refractivity contribution is 7.60. The van der Waals surface area contributed by atoms with Crippen molar-refractivity contribution in [1.82, 2.24) is 9.62 Å². The summed E-state index contributed by atoms with van der Waals surface area (Å²) < 4.78 is 0. The lowest BCUT2D eigenvalue weighted by Gasteiger charge is -2.43. The Hall–Kier alpha value is 0.415. The third-order valence-electron chi connectivity index (χ3n) is 3.00. The second-order valence-corrected chi connectivity index (χ2v) is 6.28. The fourth-order valence-corrected chi connectivity index (χ4v) is 3.95. The Kier molecular flexibility index (Phi) is 7.17. The topological polar surface area (TPSA) is 6.48 Å². The molecule has 1 atom stereocenters. The Morgan fingerprint density at radius 1 is 0.625 bits per heavy atom. The van der Waals surface area contributed by atoms with Crippen molar-refractivity contribution in [2.75, 3.05) is 0 Å². The molecule has 1 unspecified atom stereocenters.